The van der Waals surface area contributed by atoms with E-state index in [-0.39, 0.29) is 24.0 Å². The number of nitrogens with zero attached hydrogens (tertiary/aromatic N) is 2. The zero-order valence-electron chi connectivity index (χ0n) is 15.3. The van der Waals surface area contributed by atoms with Crippen molar-refractivity contribution >= 4 is 29.9 Å². The third-order valence-electron chi connectivity index (χ3n) is 4.56. The Morgan fingerprint density at radius 3 is 2.33 bits per heavy atom. The van der Waals surface area contributed by atoms with Crippen molar-refractivity contribution in [3.05, 3.63) is 35.4 Å². The van der Waals surface area contributed by atoms with Crippen LogP contribution in [0, 0.1) is 0 Å². The first-order valence-electron chi connectivity index (χ1n) is 8.98. The molecule has 2 rings (SSSR count). The molecule has 1 aromatic rings. The van der Waals surface area contributed by atoms with Crippen molar-refractivity contribution in [2.75, 3.05) is 20.1 Å². The van der Waals surface area contributed by atoms with E-state index in [1.54, 1.807) is 0 Å². The number of halogens is 1. The number of hydrogen-bond acceptors (Lipinski definition) is 2. The van der Waals surface area contributed by atoms with Crippen LogP contribution in [0.25, 0.3) is 0 Å². The molecule has 1 saturated heterocycles. The molecule has 5 heteroatoms. The van der Waals surface area contributed by atoms with Gasteiger partial charge >= 0.3 is 0 Å². The van der Waals surface area contributed by atoms with Gasteiger partial charge in [0.25, 0.3) is 0 Å². The van der Waals surface area contributed by atoms with E-state index >= 15 is 0 Å². The quantitative estimate of drug-likeness (QED) is 0.399. The zero-order valence-corrected chi connectivity index (χ0v) is 17.7. The third kappa shape index (κ3) is 7.38. The average Bonchev–Trinajstić information content (AvgIpc) is 2.60. The summed E-state index contributed by atoms with van der Waals surface area (Å²) in [6.07, 6.45) is 5.19. The average molecular weight is 444 g/mol. The van der Waals surface area contributed by atoms with Crippen LogP contribution in [-0.4, -0.2) is 37.0 Å². The standard InChI is InChI=1S/C19H32N4.HI/c1-4-16(2)22-19(20-3)21-14-17-8-10-18(11-9-17)15-23-12-6-5-7-13-23;/h8-11,16H,4-7,12-15H2,1-3H3,(H2,20,21,22);1H. The van der Waals surface area contributed by atoms with Gasteiger partial charge in [0.1, 0.15) is 0 Å². The summed E-state index contributed by atoms with van der Waals surface area (Å²) in [6, 6.07) is 9.41. The molecule has 136 valence electrons. The van der Waals surface area contributed by atoms with Gasteiger partial charge in [0.15, 0.2) is 5.96 Å². The van der Waals surface area contributed by atoms with Crippen LogP contribution >= 0.6 is 24.0 Å². The molecule has 1 aromatic carbocycles. The summed E-state index contributed by atoms with van der Waals surface area (Å²) in [5.41, 5.74) is 2.71. The summed E-state index contributed by atoms with van der Waals surface area (Å²) in [5, 5.41) is 6.76. The van der Waals surface area contributed by atoms with Gasteiger partial charge < -0.3 is 10.6 Å². The Balaban J connectivity index is 0.00000288. The smallest absolute Gasteiger partial charge is 0.191 e. The SMILES string of the molecule is CCC(C)NC(=NC)NCc1ccc(CN2CCCCC2)cc1.I. The van der Waals surface area contributed by atoms with Crippen LogP contribution in [-0.2, 0) is 13.1 Å². The molecule has 1 heterocycles. The van der Waals surface area contributed by atoms with Crippen LogP contribution in [0.15, 0.2) is 29.3 Å². The second-order valence-electron chi connectivity index (χ2n) is 6.53. The molecule has 0 aromatic heterocycles. The van der Waals surface area contributed by atoms with Crippen molar-refractivity contribution in [1.29, 1.82) is 0 Å². The Hall–Kier alpha value is -0.820. The number of hydrogen-bond donors (Lipinski definition) is 2. The monoisotopic (exact) mass is 444 g/mol. The summed E-state index contributed by atoms with van der Waals surface area (Å²) in [4.78, 5) is 6.84. The lowest BCUT2D eigenvalue weighted by atomic mass is 10.1. The Kier molecular flexibility index (Phi) is 10.3. The minimum Gasteiger partial charge on any atom is -0.354 e. The minimum atomic E-state index is 0. The van der Waals surface area contributed by atoms with Gasteiger partial charge in [-0.25, -0.2) is 0 Å². The maximum atomic E-state index is 4.27. The topological polar surface area (TPSA) is 39.7 Å². The highest BCUT2D eigenvalue weighted by molar-refractivity contribution is 14.0. The molecule has 0 spiro atoms. The van der Waals surface area contributed by atoms with Gasteiger partial charge in [-0.15, -0.1) is 24.0 Å². The van der Waals surface area contributed by atoms with Crippen LogP contribution in [0.2, 0.25) is 0 Å². The van der Waals surface area contributed by atoms with Crippen LogP contribution in [0.5, 0.6) is 0 Å². The maximum absolute atomic E-state index is 4.27. The molecule has 0 bridgehead atoms. The predicted octanol–water partition coefficient (Wildman–Crippen LogP) is 3.75. The van der Waals surface area contributed by atoms with Crippen LogP contribution < -0.4 is 10.6 Å². The van der Waals surface area contributed by atoms with E-state index in [1.807, 2.05) is 7.05 Å². The summed E-state index contributed by atoms with van der Waals surface area (Å²) in [7, 11) is 1.82. The lowest BCUT2D eigenvalue weighted by Crippen LogP contribution is -2.41. The molecule has 1 fully saturated rings. The molecule has 0 saturated carbocycles. The highest BCUT2D eigenvalue weighted by Crippen LogP contribution is 2.13. The Morgan fingerprint density at radius 1 is 1.12 bits per heavy atom. The van der Waals surface area contributed by atoms with E-state index in [9.17, 15) is 0 Å². The first kappa shape index (κ1) is 21.2. The van der Waals surface area contributed by atoms with Crippen LogP contribution in [0.3, 0.4) is 0 Å². The number of aliphatic imine (C=N–C) groups is 1. The molecule has 24 heavy (non-hydrogen) atoms. The van der Waals surface area contributed by atoms with E-state index in [1.165, 1.54) is 43.5 Å². The third-order valence-corrected chi connectivity index (χ3v) is 4.56. The maximum Gasteiger partial charge on any atom is 0.191 e. The summed E-state index contributed by atoms with van der Waals surface area (Å²) < 4.78 is 0. The number of guanidine groups is 1. The lowest BCUT2D eigenvalue weighted by Gasteiger charge is -2.26. The Labute approximate surface area is 164 Å². The van der Waals surface area contributed by atoms with Crippen LogP contribution in [0.1, 0.15) is 50.7 Å². The van der Waals surface area contributed by atoms with Crippen molar-refractivity contribution < 1.29 is 0 Å². The fourth-order valence-corrected chi connectivity index (χ4v) is 2.85. The molecule has 0 amide bonds. The molecule has 1 aliphatic heterocycles. The van der Waals surface area contributed by atoms with Gasteiger partial charge in [-0.3, -0.25) is 9.89 Å². The summed E-state index contributed by atoms with van der Waals surface area (Å²) in [5.74, 6) is 0.872. The molecular weight excluding hydrogens is 411 g/mol. The van der Waals surface area contributed by atoms with Gasteiger partial charge in [-0.05, 0) is 50.4 Å². The number of benzene rings is 1. The van der Waals surface area contributed by atoms with Crippen molar-refractivity contribution in [3.63, 3.8) is 0 Å². The van der Waals surface area contributed by atoms with E-state index < -0.39 is 0 Å². The zero-order chi connectivity index (χ0) is 16.5. The van der Waals surface area contributed by atoms with E-state index in [2.05, 4.69) is 58.6 Å². The second kappa shape index (κ2) is 11.7. The normalized spacial score (nSPS) is 17.0. The number of likely N-dealkylation sites (tertiary alicyclic amines) is 1. The molecule has 4 nitrogen and oxygen atoms in total. The van der Waals surface area contributed by atoms with Crippen molar-refractivity contribution in [3.8, 4) is 0 Å². The highest BCUT2D eigenvalue weighted by atomic mass is 127. The second-order valence-corrected chi connectivity index (χ2v) is 6.53. The van der Waals surface area contributed by atoms with Crippen molar-refractivity contribution in [2.24, 2.45) is 4.99 Å². The molecule has 0 radical (unpaired) electrons. The molecule has 0 aliphatic carbocycles. The number of rotatable bonds is 6. The molecular formula is C19H33IN4. The number of nitrogens with one attached hydrogen (secondary N) is 2. The Morgan fingerprint density at radius 2 is 1.75 bits per heavy atom. The van der Waals surface area contributed by atoms with Gasteiger partial charge in [-0.1, -0.05) is 37.6 Å². The highest BCUT2D eigenvalue weighted by Gasteiger charge is 2.10. The minimum absolute atomic E-state index is 0. The largest absolute Gasteiger partial charge is 0.354 e. The van der Waals surface area contributed by atoms with Crippen molar-refractivity contribution in [1.82, 2.24) is 15.5 Å². The van der Waals surface area contributed by atoms with Gasteiger partial charge in [0.05, 0.1) is 0 Å². The van der Waals surface area contributed by atoms with Gasteiger partial charge in [0, 0.05) is 26.2 Å². The lowest BCUT2D eigenvalue weighted by molar-refractivity contribution is 0.221. The molecule has 1 aliphatic rings. The van der Waals surface area contributed by atoms with E-state index in [0.29, 0.717) is 6.04 Å². The first-order chi connectivity index (χ1) is 11.2. The van der Waals surface area contributed by atoms with Crippen molar-refractivity contribution in [2.45, 2.75) is 58.7 Å². The fourth-order valence-electron chi connectivity index (χ4n) is 2.85. The summed E-state index contributed by atoms with van der Waals surface area (Å²) >= 11 is 0. The fraction of sp³-hybridized carbons (Fsp3) is 0.632. The number of piperidine rings is 1. The van der Waals surface area contributed by atoms with Gasteiger partial charge in [-0.2, -0.15) is 0 Å². The molecule has 2 N–H and O–H groups in total. The van der Waals surface area contributed by atoms with Gasteiger partial charge in [0.2, 0.25) is 0 Å². The van der Waals surface area contributed by atoms with E-state index in [4.69, 9.17) is 0 Å². The van der Waals surface area contributed by atoms with E-state index in [0.717, 1.165) is 25.5 Å². The Bertz CT molecular complexity index is 481. The molecule has 1 unspecified atom stereocenters. The first-order valence-corrected chi connectivity index (χ1v) is 8.98. The molecule has 1 atom stereocenters. The predicted molar refractivity (Wildman–Crippen MR) is 114 cm³/mol. The summed E-state index contributed by atoms with van der Waals surface area (Å²) in [6.45, 7) is 8.74. The van der Waals surface area contributed by atoms with Crippen LogP contribution in [0.4, 0.5) is 0 Å².